The lowest BCUT2D eigenvalue weighted by atomic mass is 9.86. The van der Waals surface area contributed by atoms with Gasteiger partial charge in [-0.25, -0.2) is 23.1 Å². The maximum Gasteiger partial charge on any atom is 0.255 e. The normalized spacial score (nSPS) is 13.9. The van der Waals surface area contributed by atoms with E-state index >= 15 is 0 Å². The van der Waals surface area contributed by atoms with E-state index in [4.69, 9.17) is 11.6 Å². The van der Waals surface area contributed by atoms with Gasteiger partial charge >= 0.3 is 0 Å². The third-order valence-corrected chi connectivity index (χ3v) is 6.17. The summed E-state index contributed by atoms with van der Waals surface area (Å²) >= 11 is 5.97. The Morgan fingerprint density at radius 1 is 1.20 bits per heavy atom. The van der Waals surface area contributed by atoms with Crippen molar-refractivity contribution >= 4 is 17.5 Å². The van der Waals surface area contributed by atoms with Crippen LogP contribution in [-0.2, 0) is 12.1 Å². The molecule has 2 atom stereocenters. The molecule has 182 valence electrons. The van der Waals surface area contributed by atoms with Crippen molar-refractivity contribution in [2.45, 2.75) is 39.0 Å². The molecule has 0 spiro atoms. The first-order valence-electron chi connectivity index (χ1n) is 10.7. The van der Waals surface area contributed by atoms with E-state index in [9.17, 15) is 18.7 Å². The number of hydrogen-bond acceptors (Lipinski definition) is 5. The molecule has 0 aliphatic heterocycles. The number of halogens is 3. The van der Waals surface area contributed by atoms with Crippen LogP contribution in [0.1, 0.15) is 34.2 Å². The monoisotopic (exact) mass is 500 g/mol. The van der Waals surface area contributed by atoms with E-state index in [-0.39, 0.29) is 12.1 Å². The lowest BCUT2D eigenvalue weighted by Crippen LogP contribution is -2.52. The Morgan fingerprint density at radius 3 is 2.54 bits per heavy atom. The number of aryl methyl sites for hydroxylation is 1. The number of nitrogens with one attached hydrogen (secondary N) is 1. The summed E-state index contributed by atoms with van der Waals surface area (Å²) in [6, 6.07) is 8.86. The predicted molar refractivity (Wildman–Crippen MR) is 125 cm³/mol. The van der Waals surface area contributed by atoms with Crippen molar-refractivity contribution in [1.82, 2.24) is 29.9 Å². The van der Waals surface area contributed by atoms with Gasteiger partial charge in [-0.1, -0.05) is 17.7 Å². The molecule has 0 aliphatic rings. The molecule has 0 radical (unpaired) electrons. The SMILES string of the molecule is Cc1nn(-c2ccc(Cl)cc2)c(C)c1C(=O)NC(C)C(O)(Cn1cncn1)c1ccc(F)cc1F. The Morgan fingerprint density at radius 2 is 1.91 bits per heavy atom. The number of aliphatic hydroxyl groups is 1. The van der Waals surface area contributed by atoms with Gasteiger partial charge in [0.25, 0.3) is 5.91 Å². The molecule has 0 bridgehead atoms. The van der Waals surface area contributed by atoms with Gasteiger partial charge in [0.2, 0.25) is 0 Å². The average Bonchev–Trinajstić information content (AvgIpc) is 3.41. The van der Waals surface area contributed by atoms with Gasteiger partial charge in [-0.15, -0.1) is 0 Å². The number of nitrogens with zero attached hydrogens (tertiary/aromatic N) is 5. The van der Waals surface area contributed by atoms with Crippen LogP contribution in [-0.4, -0.2) is 41.6 Å². The smallest absolute Gasteiger partial charge is 0.255 e. The maximum atomic E-state index is 14.8. The maximum absolute atomic E-state index is 14.8. The molecule has 1 amide bonds. The second-order valence-corrected chi connectivity index (χ2v) is 8.71. The minimum Gasteiger partial charge on any atom is -0.381 e. The van der Waals surface area contributed by atoms with E-state index in [1.54, 1.807) is 42.8 Å². The van der Waals surface area contributed by atoms with E-state index in [0.29, 0.717) is 28.0 Å². The van der Waals surface area contributed by atoms with Crippen molar-refractivity contribution in [2.75, 3.05) is 0 Å². The number of carbonyl (C=O) groups is 1. The van der Waals surface area contributed by atoms with E-state index < -0.39 is 29.2 Å². The lowest BCUT2D eigenvalue weighted by molar-refractivity contribution is -0.0186. The molecule has 8 nitrogen and oxygen atoms in total. The Labute approximate surface area is 205 Å². The zero-order valence-electron chi connectivity index (χ0n) is 19.2. The van der Waals surface area contributed by atoms with Crippen LogP contribution in [0, 0.1) is 25.5 Å². The zero-order chi connectivity index (χ0) is 25.3. The van der Waals surface area contributed by atoms with Crippen molar-refractivity contribution < 1.29 is 18.7 Å². The molecule has 11 heteroatoms. The van der Waals surface area contributed by atoms with Crippen LogP contribution in [0.4, 0.5) is 8.78 Å². The van der Waals surface area contributed by atoms with Gasteiger partial charge in [0.1, 0.15) is 29.9 Å². The molecule has 0 fully saturated rings. The van der Waals surface area contributed by atoms with E-state index in [1.165, 1.54) is 24.3 Å². The minimum absolute atomic E-state index is 0.187. The fourth-order valence-corrected chi connectivity index (χ4v) is 4.18. The van der Waals surface area contributed by atoms with Crippen LogP contribution in [0.3, 0.4) is 0 Å². The first kappa shape index (κ1) is 24.5. The minimum atomic E-state index is -1.98. The molecule has 4 aromatic rings. The van der Waals surface area contributed by atoms with Gasteiger partial charge in [0, 0.05) is 16.7 Å². The number of aromatic nitrogens is 5. The molecule has 0 saturated heterocycles. The molecule has 2 N–H and O–H groups in total. The number of benzene rings is 2. The van der Waals surface area contributed by atoms with Crippen molar-refractivity contribution in [2.24, 2.45) is 0 Å². The van der Waals surface area contributed by atoms with Crippen molar-refractivity contribution in [3.63, 3.8) is 0 Å². The topological polar surface area (TPSA) is 97.9 Å². The van der Waals surface area contributed by atoms with Crippen molar-refractivity contribution in [1.29, 1.82) is 0 Å². The zero-order valence-corrected chi connectivity index (χ0v) is 20.0. The number of amides is 1. The van der Waals surface area contributed by atoms with Gasteiger partial charge < -0.3 is 10.4 Å². The molecule has 35 heavy (non-hydrogen) atoms. The van der Waals surface area contributed by atoms with Crippen LogP contribution in [0.2, 0.25) is 5.02 Å². The molecule has 2 heterocycles. The fraction of sp³-hybridized carbons (Fsp3) is 0.250. The lowest BCUT2D eigenvalue weighted by Gasteiger charge is -2.35. The summed E-state index contributed by atoms with van der Waals surface area (Å²) in [5.41, 5.74) is -0.0906. The Bertz CT molecular complexity index is 1360. The summed E-state index contributed by atoms with van der Waals surface area (Å²) in [7, 11) is 0. The highest BCUT2D eigenvalue weighted by molar-refractivity contribution is 6.30. The molecular weight excluding hydrogens is 478 g/mol. The first-order valence-corrected chi connectivity index (χ1v) is 11.1. The fourth-order valence-electron chi connectivity index (χ4n) is 4.05. The van der Waals surface area contributed by atoms with E-state index in [0.717, 1.165) is 17.8 Å². The summed E-state index contributed by atoms with van der Waals surface area (Å²) in [5, 5.41) is 23.4. The highest BCUT2D eigenvalue weighted by atomic mass is 35.5. The van der Waals surface area contributed by atoms with Gasteiger partial charge in [-0.05, 0) is 51.1 Å². The highest BCUT2D eigenvalue weighted by Crippen LogP contribution is 2.30. The highest BCUT2D eigenvalue weighted by Gasteiger charge is 2.40. The van der Waals surface area contributed by atoms with Crippen LogP contribution in [0.25, 0.3) is 5.69 Å². The van der Waals surface area contributed by atoms with Gasteiger partial charge in [0.15, 0.2) is 0 Å². The molecular formula is C24H23ClF2N6O2. The Kier molecular flexibility index (Phi) is 6.68. The Balaban J connectivity index is 1.67. The third kappa shape index (κ3) is 4.80. The molecule has 2 aromatic heterocycles. The van der Waals surface area contributed by atoms with E-state index in [2.05, 4.69) is 20.5 Å². The second-order valence-electron chi connectivity index (χ2n) is 8.27. The molecule has 0 saturated carbocycles. The van der Waals surface area contributed by atoms with Crippen LogP contribution < -0.4 is 5.32 Å². The largest absolute Gasteiger partial charge is 0.381 e. The standard InChI is InChI=1S/C24H23ClF2N6O2/c1-14-22(15(2)33(31-14)19-7-4-17(25)5-8-19)23(34)30-16(3)24(35,11-32-13-28-12-29-32)20-9-6-18(26)10-21(20)27/h4-10,12-13,16,35H,11H2,1-3H3,(H,30,34). The van der Waals surface area contributed by atoms with Crippen LogP contribution >= 0.6 is 11.6 Å². The average molecular weight is 501 g/mol. The summed E-state index contributed by atoms with van der Waals surface area (Å²) in [6.45, 7) is 4.74. The van der Waals surface area contributed by atoms with Crippen molar-refractivity contribution in [3.8, 4) is 5.69 Å². The Hall–Kier alpha value is -3.63. The molecule has 0 aliphatic carbocycles. The number of rotatable bonds is 7. The van der Waals surface area contributed by atoms with Crippen LogP contribution in [0.15, 0.2) is 55.1 Å². The quantitative estimate of drug-likeness (QED) is 0.403. The number of carbonyl (C=O) groups excluding carboxylic acids is 1. The van der Waals surface area contributed by atoms with E-state index in [1.807, 2.05) is 0 Å². The number of hydrogen-bond donors (Lipinski definition) is 2. The van der Waals surface area contributed by atoms with Gasteiger partial charge in [0.05, 0.1) is 35.2 Å². The first-order chi connectivity index (χ1) is 16.6. The van der Waals surface area contributed by atoms with Crippen molar-refractivity contribution in [3.05, 3.63) is 94.3 Å². The van der Waals surface area contributed by atoms with Crippen LogP contribution in [0.5, 0.6) is 0 Å². The van der Waals surface area contributed by atoms with Gasteiger partial charge in [-0.3, -0.25) is 4.79 Å². The summed E-state index contributed by atoms with van der Waals surface area (Å²) in [5.74, 6) is -2.24. The van der Waals surface area contributed by atoms with Gasteiger partial charge in [-0.2, -0.15) is 10.2 Å². The summed E-state index contributed by atoms with van der Waals surface area (Å²) < 4.78 is 31.2. The summed E-state index contributed by atoms with van der Waals surface area (Å²) in [6.07, 6.45) is 2.62. The molecule has 4 rings (SSSR count). The second kappa shape index (κ2) is 9.55. The summed E-state index contributed by atoms with van der Waals surface area (Å²) in [4.78, 5) is 17.2. The predicted octanol–water partition coefficient (Wildman–Crippen LogP) is 3.72. The molecule has 2 aromatic carbocycles. The molecule has 2 unspecified atom stereocenters. The third-order valence-electron chi connectivity index (χ3n) is 5.92.